The smallest absolute Gasteiger partial charge is 0.331 e. The van der Waals surface area contributed by atoms with E-state index >= 15 is 0 Å². The molecule has 3 aromatic rings. The summed E-state index contributed by atoms with van der Waals surface area (Å²) in [6.07, 6.45) is 12.6. The Hall–Kier alpha value is -2.60. The molecule has 1 amide bonds. The Kier molecular flexibility index (Phi) is 4.87. The molecule has 3 aliphatic rings. The molecule has 0 bridgehead atoms. The molecule has 5 heterocycles. The van der Waals surface area contributed by atoms with Crippen LogP contribution in [0.3, 0.4) is 0 Å². The number of amides is 1. The van der Waals surface area contributed by atoms with Crippen LogP contribution in [0.2, 0.25) is 0 Å². The van der Waals surface area contributed by atoms with Gasteiger partial charge in [-0.2, -0.15) is 0 Å². The fraction of sp³-hybridized carbons (Fsp3) is 0.429. The molecule has 148 valence electrons. The Morgan fingerprint density at radius 3 is 3.07 bits per heavy atom. The lowest BCUT2D eigenvalue weighted by molar-refractivity contribution is -0.294. The molecule has 8 heteroatoms. The van der Waals surface area contributed by atoms with Gasteiger partial charge in [-0.3, -0.25) is 4.79 Å². The highest BCUT2D eigenvalue weighted by atomic mass is 32.1. The summed E-state index contributed by atoms with van der Waals surface area (Å²) in [5, 5.41) is 3.28. The summed E-state index contributed by atoms with van der Waals surface area (Å²) in [4.78, 5) is 27.1. The Labute approximate surface area is 172 Å². The number of nitrogens with zero attached hydrogens (tertiary/aromatic N) is 4. The van der Waals surface area contributed by atoms with Crippen LogP contribution in [-0.4, -0.2) is 45.3 Å². The van der Waals surface area contributed by atoms with Crippen molar-refractivity contribution in [1.82, 2.24) is 14.9 Å². The van der Waals surface area contributed by atoms with E-state index in [1.165, 1.54) is 17.1 Å². The van der Waals surface area contributed by atoms with E-state index in [0.717, 1.165) is 24.2 Å². The largest absolute Gasteiger partial charge is 0.373 e. The van der Waals surface area contributed by atoms with Crippen LogP contribution in [0.15, 0.2) is 42.3 Å². The first-order valence-electron chi connectivity index (χ1n) is 9.79. The third-order valence-corrected chi connectivity index (χ3v) is 6.61. The number of fused-ring (bicyclic) bond motifs is 2. The molecule has 3 aromatic heterocycles. The number of hydrogen-bond donors (Lipinski definition) is 0. The van der Waals surface area contributed by atoms with Gasteiger partial charge in [0, 0.05) is 31.0 Å². The van der Waals surface area contributed by atoms with Crippen LogP contribution in [0.25, 0.3) is 10.2 Å². The van der Waals surface area contributed by atoms with Gasteiger partial charge in [0.15, 0.2) is 11.8 Å². The minimum absolute atomic E-state index is 0.0235. The van der Waals surface area contributed by atoms with Gasteiger partial charge < -0.3 is 14.4 Å². The third-order valence-electron chi connectivity index (χ3n) is 5.66. The molecule has 29 heavy (non-hydrogen) atoms. The van der Waals surface area contributed by atoms with Crippen molar-refractivity contribution in [2.75, 3.05) is 6.54 Å². The number of thiophene rings is 1. The Bertz CT molecular complexity index is 963. The number of pyridine rings is 1. The van der Waals surface area contributed by atoms with E-state index < -0.39 is 5.60 Å². The molecule has 3 fully saturated rings. The van der Waals surface area contributed by atoms with E-state index in [-0.39, 0.29) is 18.2 Å². The van der Waals surface area contributed by atoms with Crippen LogP contribution in [0.4, 0.5) is 0 Å². The number of aromatic nitrogens is 3. The molecule has 1 unspecified atom stereocenters. The molecule has 0 N–H and O–H groups in total. The van der Waals surface area contributed by atoms with Crippen LogP contribution in [0.5, 0.6) is 0 Å². The zero-order valence-electron chi connectivity index (χ0n) is 15.9. The number of ether oxygens (including phenoxy) is 2. The molecule has 2 aliphatic heterocycles. The number of carbonyl (C=O) groups excluding carboxylic acids is 1. The SMILES string of the molecule is O=C1N2CCCC2OC12CC(OCc1csc3ncccc13)C2.c1cncc[n+]#1. The van der Waals surface area contributed by atoms with Gasteiger partial charge >= 0.3 is 12.4 Å². The summed E-state index contributed by atoms with van der Waals surface area (Å²) < 4.78 is 12.1. The average molecular weight is 409 g/mol. The molecule has 6 rings (SSSR count). The second-order valence-electron chi connectivity index (χ2n) is 7.50. The van der Waals surface area contributed by atoms with Crippen molar-refractivity contribution in [3.63, 3.8) is 0 Å². The highest BCUT2D eigenvalue weighted by Gasteiger charge is 2.61. The molecule has 1 spiro atoms. The van der Waals surface area contributed by atoms with Crippen molar-refractivity contribution in [3.8, 4) is 0 Å². The van der Waals surface area contributed by atoms with Crippen LogP contribution in [0.1, 0.15) is 31.2 Å². The van der Waals surface area contributed by atoms with Gasteiger partial charge in [0.2, 0.25) is 0 Å². The molecule has 0 aromatic carbocycles. The topological polar surface area (TPSA) is 78.7 Å². The fourth-order valence-corrected chi connectivity index (χ4v) is 5.09. The molecule has 2 saturated heterocycles. The van der Waals surface area contributed by atoms with E-state index in [9.17, 15) is 4.79 Å². The van der Waals surface area contributed by atoms with Gasteiger partial charge in [-0.25, -0.2) is 9.97 Å². The average Bonchev–Trinajstić information content (AvgIpc) is 3.43. The standard InChI is InChI=1S/C17H18N2O3S.C4H3N2/c20-16-17(22-14-4-2-6-19(14)16)7-12(8-17)21-9-11-10-23-15-13(11)3-1-5-18-15;1-2-6-4-3-5-1/h1,3,5,10,12,14H,2,4,6-9H2;1-3H/q;+1. The predicted octanol–water partition coefficient (Wildman–Crippen LogP) is 2.17. The molecule has 7 nitrogen and oxygen atoms in total. The maximum absolute atomic E-state index is 12.5. The summed E-state index contributed by atoms with van der Waals surface area (Å²) in [6.45, 7) is 1.43. The van der Waals surface area contributed by atoms with Crippen molar-refractivity contribution in [2.24, 2.45) is 0 Å². The molecule has 1 aliphatic carbocycles. The van der Waals surface area contributed by atoms with Crippen molar-refractivity contribution in [2.45, 2.75) is 50.2 Å². The number of rotatable bonds is 3. The summed E-state index contributed by atoms with van der Waals surface area (Å²) in [5.41, 5.74) is 0.604. The van der Waals surface area contributed by atoms with Gasteiger partial charge in [0.05, 0.1) is 12.7 Å². The lowest BCUT2D eigenvalue weighted by Gasteiger charge is -2.41. The van der Waals surface area contributed by atoms with Crippen LogP contribution < -0.4 is 4.98 Å². The van der Waals surface area contributed by atoms with Crippen molar-refractivity contribution in [1.29, 1.82) is 0 Å². The lowest BCUT2D eigenvalue weighted by Crippen LogP contribution is -2.54. The van der Waals surface area contributed by atoms with E-state index in [0.29, 0.717) is 19.4 Å². The zero-order chi connectivity index (χ0) is 19.7. The van der Waals surface area contributed by atoms with Gasteiger partial charge in [-0.05, 0) is 34.8 Å². The summed E-state index contributed by atoms with van der Waals surface area (Å²) in [5.74, 6) is 0.185. The fourth-order valence-electron chi connectivity index (χ4n) is 4.19. The van der Waals surface area contributed by atoms with Crippen LogP contribution >= 0.6 is 11.3 Å². The normalized spacial score (nSPS) is 27.3. The quantitative estimate of drug-likeness (QED) is 0.660. The van der Waals surface area contributed by atoms with Gasteiger partial charge in [0.1, 0.15) is 17.3 Å². The first-order chi connectivity index (χ1) is 14.3. The number of hydrogen-bond acceptors (Lipinski definition) is 6. The van der Waals surface area contributed by atoms with Crippen LogP contribution in [0, 0.1) is 6.20 Å². The lowest BCUT2D eigenvalue weighted by atomic mass is 9.76. The highest BCUT2D eigenvalue weighted by Crippen LogP contribution is 2.47. The molecule has 1 saturated carbocycles. The van der Waals surface area contributed by atoms with Crippen molar-refractivity contribution >= 4 is 27.5 Å². The second-order valence-corrected chi connectivity index (χ2v) is 8.36. The monoisotopic (exact) mass is 409 g/mol. The van der Waals surface area contributed by atoms with Gasteiger partial charge in [-0.1, -0.05) is 6.07 Å². The first-order valence-corrected chi connectivity index (χ1v) is 10.7. The number of carbonyl (C=O) groups is 1. The van der Waals surface area contributed by atoms with E-state index in [2.05, 4.69) is 32.6 Å². The maximum atomic E-state index is 12.5. The minimum Gasteiger partial charge on any atom is -0.373 e. The highest BCUT2D eigenvalue weighted by molar-refractivity contribution is 7.16. The predicted molar refractivity (Wildman–Crippen MR) is 105 cm³/mol. The molecular weight excluding hydrogens is 388 g/mol. The molecular formula is C21H21N4O3S+. The van der Waals surface area contributed by atoms with Crippen LogP contribution in [-0.2, 0) is 20.9 Å². The van der Waals surface area contributed by atoms with Crippen molar-refractivity contribution in [3.05, 3.63) is 54.1 Å². The Balaban J connectivity index is 0.000000262. The van der Waals surface area contributed by atoms with E-state index in [1.54, 1.807) is 23.7 Å². The summed E-state index contributed by atoms with van der Waals surface area (Å²) in [6, 6.07) is 4.03. The maximum Gasteiger partial charge on any atom is 0.331 e. The van der Waals surface area contributed by atoms with Gasteiger partial charge in [0.25, 0.3) is 5.91 Å². The Morgan fingerprint density at radius 2 is 2.34 bits per heavy atom. The van der Waals surface area contributed by atoms with E-state index in [4.69, 9.17) is 9.47 Å². The summed E-state index contributed by atoms with van der Waals surface area (Å²) >= 11 is 1.64. The minimum atomic E-state index is -0.575. The molecule has 0 radical (unpaired) electrons. The van der Waals surface area contributed by atoms with Crippen molar-refractivity contribution < 1.29 is 19.3 Å². The van der Waals surface area contributed by atoms with Gasteiger partial charge in [-0.15, -0.1) is 11.3 Å². The summed E-state index contributed by atoms with van der Waals surface area (Å²) in [7, 11) is 0. The second kappa shape index (κ2) is 7.67. The third kappa shape index (κ3) is 3.46. The Morgan fingerprint density at radius 1 is 1.41 bits per heavy atom. The first kappa shape index (κ1) is 18.4. The van der Waals surface area contributed by atoms with E-state index in [1.807, 2.05) is 17.2 Å². The zero-order valence-corrected chi connectivity index (χ0v) is 16.7. The molecule has 1 atom stereocenters.